The summed E-state index contributed by atoms with van der Waals surface area (Å²) in [5.74, 6) is 0.772. The fourth-order valence-corrected chi connectivity index (χ4v) is 2.52. The van der Waals surface area contributed by atoms with E-state index in [1.165, 1.54) is 0 Å². The number of fused-ring (bicyclic) bond motifs is 1. The molecule has 0 saturated heterocycles. The third-order valence-corrected chi connectivity index (χ3v) is 3.72. The van der Waals surface area contributed by atoms with Crippen molar-refractivity contribution in [3.05, 3.63) is 53.3 Å². The molecule has 112 valence electrons. The predicted molar refractivity (Wildman–Crippen MR) is 86.3 cm³/mol. The predicted octanol–water partition coefficient (Wildman–Crippen LogP) is 4.63. The number of hydrogen-bond donors (Lipinski definition) is 1. The monoisotopic (exact) mass is 294 g/mol. The number of pyridine rings is 1. The van der Waals surface area contributed by atoms with Gasteiger partial charge in [0.2, 0.25) is 0 Å². The van der Waals surface area contributed by atoms with Crippen LogP contribution in [0, 0.1) is 13.8 Å². The van der Waals surface area contributed by atoms with Crippen molar-refractivity contribution in [1.29, 1.82) is 0 Å². The Morgan fingerprint density at radius 3 is 2.73 bits per heavy atom. The fourth-order valence-electron chi connectivity index (χ4n) is 2.52. The van der Waals surface area contributed by atoms with Crippen molar-refractivity contribution >= 4 is 17.2 Å². The average Bonchev–Trinajstić information content (AvgIpc) is 2.83. The number of hydrogen-bond acceptors (Lipinski definition) is 4. The molecule has 0 aliphatic rings. The average molecular weight is 294 g/mol. The van der Waals surface area contributed by atoms with Crippen molar-refractivity contribution in [3.8, 4) is 5.75 Å². The zero-order valence-corrected chi connectivity index (χ0v) is 12.9. The molecule has 5 nitrogen and oxygen atoms in total. The molecule has 3 rings (SSSR count). The van der Waals surface area contributed by atoms with Gasteiger partial charge in [0.15, 0.2) is 17.2 Å². The van der Waals surface area contributed by atoms with E-state index in [4.69, 9.17) is 0 Å². The summed E-state index contributed by atoms with van der Waals surface area (Å²) < 4.78 is 1.75. The molecule has 0 amide bonds. The molecule has 0 saturated carbocycles. The molecule has 3 aromatic rings. The van der Waals surface area contributed by atoms with Crippen molar-refractivity contribution in [3.63, 3.8) is 0 Å². The zero-order chi connectivity index (χ0) is 15.7. The van der Waals surface area contributed by atoms with E-state index >= 15 is 0 Å². The summed E-state index contributed by atoms with van der Waals surface area (Å²) in [5, 5.41) is 18.7. The van der Waals surface area contributed by atoms with Gasteiger partial charge in [-0.2, -0.15) is 0 Å². The standard InChI is InChI=1S/C17H18N4O/c1-4-13-8-5-7-11(2)15(13)19-20-16-12(3)18-17-14(22)9-6-10-21(16)17/h5-10,22H,4H2,1-3H3. The van der Waals surface area contributed by atoms with E-state index < -0.39 is 0 Å². The first-order chi connectivity index (χ1) is 10.6. The molecule has 1 N–H and O–H groups in total. The molecule has 2 heterocycles. The Morgan fingerprint density at radius 1 is 1.14 bits per heavy atom. The van der Waals surface area contributed by atoms with E-state index in [0.29, 0.717) is 11.5 Å². The largest absolute Gasteiger partial charge is 0.504 e. The molecule has 22 heavy (non-hydrogen) atoms. The maximum Gasteiger partial charge on any atom is 0.182 e. The van der Waals surface area contributed by atoms with Gasteiger partial charge in [-0.05, 0) is 43.5 Å². The lowest BCUT2D eigenvalue weighted by atomic mass is 10.1. The lowest BCUT2D eigenvalue weighted by Crippen LogP contribution is -1.85. The van der Waals surface area contributed by atoms with Gasteiger partial charge in [0, 0.05) is 6.20 Å². The van der Waals surface area contributed by atoms with Crippen LogP contribution in [0.3, 0.4) is 0 Å². The van der Waals surface area contributed by atoms with Gasteiger partial charge in [0.25, 0.3) is 0 Å². The number of benzene rings is 1. The highest BCUT2D eigenvalue weighted by Crippen LogP contribution is 2.30. The first-order valence-electron chi connectivity index (χ1n) is 7.28. The Morgan fingerprint density at radius 2 is 1.95 bits per heavy atom. The summed E-state index contributed by atoms with van der Waals surface area (Å²) in [6, 6.07) is 9.49. The molecular weight excluding hydrogens is 276 g/mol. The van der Waals surface area contributed by atoms with Crippen LogP contribution < -0.4 is 0 Å². The van der Waals surface area contributed by atoms with Gasteiger partial charge in [-0.3, -0.25) is 4.40 Å². The Labute approximate surface area is 129 Å². The van der Waals surface area contributed by atoms with E-state index in [-0.39, 0.29) is 5.75 Å². The molecule has 0 fully saturated rings. The van der Waals surface area contributed by atoms with Crippen LogP contribution in [0.25, 0.3) is 5.65 Å². The quantitative estimate of drug-likeness (QED) is 0.715. The van der Waals surface area contributed by atoms with Gasteiger partial charge in [0.05, 0.1) is 11.4 Å². The first-order valence-corrected chi connectivity index (χ1v) is 7.28. The second kappa shape index (κ2) is 5.60. The van der Waals surface area contributed by atoms with Crippen molar-refractivity contribution in [2.75, 3.05) is 0 Å². The normalized spacial score (nSPS) is 11.6. The fraction of sp³-hybridized carbons (Fsp3) is 0.235. The molecule has 0 unspecified atom stereocenters. The number of aromatic nitrogens is 2. The van der Waals surface area contributed by atoms with Gasteiger partial charge in [0.1, 0.15) is 0 Å². The maximum atomic E-state index is 9.86. The minimum atomic E-state index is 0.136. The maximum absolute atomic E-state index is 9.86. The van der Waals surface area contributed by atoms with Crippen LogP contribution in [0.5, 0.6) is 5.75 Å². The third kappa shape index (κ3) is 2.35. The van der Waals surface area contributed by atoms with Gasteiger partial charge in [-0.15, -0.1) is 10.2 Å². The SMILES string of the molecule is CCc1cccc(C)c1N=Nc1c(C)nc2c(O)cccn12. The molecule has 0 atom stereocenters. The molecule has 2 aromatic heterocycles. The van der Waals surface area contributed by atoms with E-state index in [1.807, 2.05) is 32.2 Å². The molecular formula is C17H18N4O. The van der Waals surface area contributed by atoms with Crippen LogP contribution in [0.1, 0.15) is 23.7 Å². The minimum absolute atomic E-state index is 0.136. The van der Waals surface area contributed by atoms with Gasteiger partial charge >= 0.3 is 0 Å². The number of aromatic hydroxyl groups is 1. The minimum Gasteiger partial charge on any atom is -0.504 e. The highest BCUT2D eigenvalue weighted by Gasteiger charge is 2.11. The van der Waals surface area contributed by atoms with Crippen molar-refractivity contribution in [1.82, 2.24) is 9.38 Å². The molecule has 0 radical (unpaired) electrons. The summed E-state index contributed by atoms with van der Waals surface area (Å²) in [7, 11) is 0. The number of imidazole rings is 1. The van der Waals surface area contributed by atoms with Crippen LogP contribution >= 0.6 is 0 Å². The zero-order valence-electron chi connectivity index (χ0n) is 12.9. The molecule has 0 spiro atoms. The summed E-state index contributed by atoms with van der Waals surface area (Å²) in [5.41, 5.74) is 4.39. The second-order valence-corrected chi connectivity index (χ2v) is 5.24. The van der Waals surface area contributed by atoms with E-state index in [0.717, 1.165) is 28.9 Å². The van der Waals surface area contributed by atoms with Crippen molar-refractivity contribution < 1.29 is 5.11 Å². The number of rotatable bonds is 3. The Hall–Kier alpha value is -2.69. The van der Waals surface area contributed by atoms with E-state index in [1.54, 1.807) is 16.5 Å². The van der Waals surface area contributed by atoms with Crippen LogP contribution in [-0.4, -0.2) is 14.5 Å². The van der Waals surface area contributed by atoms with Gasteiger partial charge in [-0.25, -0.2) is 4.98 Å². The Kier molecular flexibility index (Phi) is 3.63. The molecule has 0 aliphatic heterocycles. The summed E-state index contributed by atoms with van der Waals surface area (Å²) in [6.07, 6.45) is 2.73. The lowest BCUT2D eigenvalue weighted by Gasteiger charge is -2.05. The summed E-state index contributed by atoms with van der Waals surface area (Å²) in [6.45, 7) is 5.99. The topological polar surface area (TPSA) is 62.2 Å². The number of nitrogens with zero attached hydrogens (tertiary/aromatic N) is 4. The van der Waals surface area contributed by atoms with Crippen molar-refractivity contribution in [2.24, 2.45) is 10.2 Å². The molecule has 1 aromatic carbocycles. The second-order valence-electron chi connectivity index (χ2n) is 5.24. The van der Waals surface area contributed by atoms with E-state index in [9.17, 15) is 5.11 Å². The van der Waals surface area contributed by atoms with Crippen LogP contribution in [-0.2, 0) is 6.42 Å². The van der Waals surface area contributed by atoms with Crippen LogP contribution in [0.4, 0.5) is 11.5 Å². The Bertz CT molecular complexity index is 864. The molecule has 5 heteroatoms. The Balaban J connectivity index is 2.11. The van der Waals surface area contributed by atoms with Crippen LogP contribution in [0.2, 0.25) is 0 Å². The summed E-state index contributed by atoms with van der Waals surface area (Å²) in [4.78, 5) is 4.35. The van der Waals surface area contributed by atoms with Gasteiger partial charge in [-0.1, -0.05) is 25.1 Å². The molecule has 0 aliphatic carbocycles. The van der Waals surface area contributed by atoms with E-state index in [2.05, 4.69) is 28.2 Å². The first kappa shape index (κ1) is 14.3. The van der Waals surface area contributed by atoms with Crippen molar-refractivity contribution in [2.45, 2.75) is 27.2 Å². The highest BCUT2D eigenvalue weighted by atomic mass is 16.3. The van der Waals surface area contributed by atoms with Crippen LogP contribution in [0.15, 0.2) is 46.8 Å². The third-order valence-electron chi connectivity index (χ3n) is 3.72. The lowest BCUT2D eigenvalue weighted by molar-refractivity contribution is 0.477. The number of aryl methyl sites for hydroxylation is 3. The number of azo groups is 1. The smallest absolute Gasteiger partial charge is 0.182 e. The summed E-state index contributed by atoms with van der Waals surface area (Å²) >= 11 is 0. The molecule has 0 bridgehead atoms. The highest BCUT2D eigenvalue weighted by molar-refractivity contribution is 5.60. The van der Waals surface area contributed by atoms with Gasteiger partial charge < -0.3 is 5.11 Å².